The monoisotopic (exact) mass is 304 g/mol. The van der Waals surface area contributed by atoms with Gasteiger partial charge < -0.3 is 20.5 Å². The van der Waals surface area contributed by atoms with Crippen LogP contribution in [0.25, 0.3) is 0 Å². The van der Waals surface area contributed by atoms with Gasteiger partial charge in [0.1, 0.15) is 5.82 Å². The molecule has 1 unspecified atom stereocenters. The predicted molar refractivity (Wildman–Crippen MR) is 83.8 cm³/mol. The summed E-state index contributed by atoms with van der Waals surface area (Å²) in [5.41, 5.74) is 8.22. The summed E-state index contributed by atoms with van der Waals surface area (Å²) < 4.78 is 6.12. The Morgan fingerprint density at radius 1 is 1.23 bits per heavy atom. The van der Waals surface area contributed by atoms with Gasteiger partial charge in [-0.05, 0) is 44.9 Å². The van der Waals surface area contributed by atoms with Gasteiger partial charge >= 0.3 is 0 Å². The minimum Gasteiger partial charge on any atom is -0.394 e. The number of nitrogen functional groups attached to an aromatic ring is 1. The van der Waals surface area contributed by atoms with Crippen molar-refractivity contribution in [2.45, 2.75) is 56.7 Å². The van der Waals surface area contributed by atoms with Crippen LogP contribution in [-0.2, 0) is 17.6 Å². The van der Waals surface area contributed by atoms with Gasteiger partial charge in [-0.15, -0.1) is 0 Å². The van der Waals surface area contributed by atoms with Crippen molar-refractivity contribution < 1.29 is 9.84 Å². The van der Waals surface area contributed by atoms with Crippen LogP contribution in [0.4, 0.5) is 11.8 Å². The smallest absolute Gasteiger partial charge is 0.222 e. The molecule has 0 aromatic carbocycles. The van der Waals surface area contributed by atoms with Crippen molar-refractivity contribution in [1.29, 1.82) is 0 Å². The molecular formula is C16H24N4O2. The number of aromatic nitrogens is 2. The fourth-order valence-corrected chi connectivity index (χ4v) is 4.04. The minimum absolute atomic E-state index is 0.0566. The fourth-order valence-electron chi connectivity index (χ4n) is 4.04. The molecule has 1 aromatic rings. The highest BCUT2D eigenvalue weighted by Crippen LogP contribution is 2.41. The highest BCUT2D eigenvalue weighted by Gasteiger charge is 2.46. The van der Waals surface area contributed by atoms with Crippen LogP contribution < -0.4 is 10.6 Å². The van der Waals surface area contributed by atoms with Crippen LogP contribution >= 0.6 is 0 Å². The number of rotatable bonds is 2. The lowest BCUT2D eigenvalue weighted by molar-refractivity contribution is -0.159. The lowest BCUT2D eigenvalue weighted by Crippen LogP contribution is -2.60. The van der Waals surface area contributed by atoms with E-state index < -0.39 is 0 Å². The van der Waals surface area contributed by atoms with Crippen molar-refractivity contribution in [2.24, 2.45) is 0 Å². The van der Waals surface area contributed by atoms with Crippen LogP contribution in [0.1, 0.15) is 43.4 Å². The van der Waals surface area contributed by atoms with Crippen molar-refractivity contribution in [2.75, 3.05) is 30.3 Å². The van der Waals surface area contributed by atoms with Gasteiger partial charge in [-0.25, -0.2) is 4.98 Å². The number of anilines is 2. The third-order valence-electron chi connectivity index (χ3n) is 5.27. The quantitative estimate of drug-likeness (QED) is 0.850. The summed E-state index contributed by atoms with van der Waals surface area (Å²) in [5, 5.41) is 9.59. The molecule has 4 rings (SSSR count). The van der Waals surface area contributed by atoms with Gasteiger partial charge in [0.25, 0.3) is 0 Å². The molecule has 0 amide bonds. The second-order valence-electron chi connectivity index (χ2n) is 6.88. The van der Waals surface area contributed by atoms with Crippen LogP contribution in [-0.4, -0.2) is 46.5 Å². The number of nitrogens with zero attached hydrogens (tertiary/aromatic N) is 3. The third kappa shape index (κ3) is 2.34. The molecule has 1 saturated carbocycles. The Labute approximate surface area is 130 Å². The molecule has 1 saturated heterocycles. The van der Waals surface area contributed by atoms with E-state index >= 15 is 0 Å². The van der Waals surface area contributed by atoms with E-state index in [0.29, 0.717) is 12.5 Å². The van der Waals surface area contributed by atoms with Crippen LogP contribution in [0.2, 0.25) is 0 Å². The van der Waals surface area contributed by atoms with Crippen molar-refractivity contribution in [3.63, 3.8) is 0 Å². The standard InChI is InChI=1S/C16H24N4O2/c17-15-18-13-5-2-1-4-12(13)14(19-15)20-8-11(9-21)22-16(10-20)6-3-7-16/h11,21H,1-10H2,(H2,17,18,19). The second-order valence-corrected chi connectivity index (χ2v) is 6.88. The maximum Gasteiger partial charge on any atom is 0.222 e. The molecule has 6 heteroatoms. The first-order valence-electron chi connectivity index (χ1n) is 8.38. The number of morpholine rings is 1. The van der Waals surface area contributed by atoms with E-state index in [-0.39, 0.29) is 18.3 Å². The summed E-state index contributed by atoms with van der Waals surface area (Å²) in [6, 6.07) is 0. The number of hydrogen-bond acceptors (Lipinski definition) is 6. The van der Waals surface area contributed by atoms with Gasteiger partial charge in [0.2, 0.25) is 5.95 Å². The molecule has 2 heterocycles. The molecule has 3 N–H and O–H groups in total. The maximum atomic E-state index is 9.59. The van der Waals surface area contributed by atoms with E-state index in [1.54, 1.807) is 0 Å². The zero-order valence-electron chi connectivity index (χ0n) is 12.9. The number of ether oxygens (including phenoxy) is 1. The first kappa shape index (κ1) is 14.2. The van der Waals surface area contributed by atoms with Gasteiger partial charge in [-0.1, -0.05) is 0 Å². The molecule has 6 nitrogen and oxygen atoms in total. The SMILES string of the molecule is Nc1nc2c(c(N3CC(CO)OC4(CCC4)C3)n1)CCCC2. The first-order chi connectivity index (χ1) is 10.7. The van der Waals surface area contributed by atoms with Crippen molar-refractivity contribution >= 4 is 11.8 Å². The summed E-state index contributed by atoms with van der Waals surface area (Å²) in [6.45, 7) is 1.59. The number of aliphatic hydroxyl groups excluding tert-OH is 1. The maximum absolute atomic E-state index is 9.59. The largest absolute Gasteiger partial charge is 0.394 e. The minimum atomic E-state index is -0.135. The molecule has 22 heavy (non-hydrogen) atoms. The number of aryl methyl sites for hydroxylation is 1. The highest BCUT2D eigenvalue weighted by atomic mass is 16.5. The van der Waals surface area contributed by atoms with Crippen molar-refractivity contribution in [3.8, 4) is 0 Å². The van der Waals surface area contributed by atoms with Crippen molar-refractivity contribution in [1.82, 2.24) is 9.97 Å². The Balaban J connectivity index is 1.69. The van der Waals surface area contributed by atoms with E-state index in [4.69, 9.17) is 10.5 Å². The van der Waals surface area contributed by atoms with Crippen LogP contribution in [0, 0.1) is 0 Å². The Kier molecular flexibility index (Phi) is 3.46. The molecular weight excluding hydrogens is 280 g/mol. The molecule has 3 aliphatic rings. The van der Waals surface area contributed by atoms with Gasteiger partial charge in [0, 0.05) is 18.7 Å². The fraction of sp³-hybridized carbons (Fsp3) is 0.750. The normalized spacial score (nSPS) is 26.6. The summed E-state index contributed by atoms with van der Waals surface area (Å²) in [6.07, 6.45) is 7.60. The number of nitrogens with two attached hydrogens (primary N) is 1. The van der Waals surface area contributed by atoms with E-state index in [0.717, 1.165) is 43.7 Å². The molecule has 1 atom stereocenters. The highest BCUT2D eigenvalue weighted by molar-refractivity contribution is 5.53. The van der Waals surface area contributed by atoms with Gasteiger partial charge in [0.15, 0.2) is 0 Å². The second kappa shape index (κ2) is 5.35. The van der Waals surface area contributed by atoms with E-state index in [2.05, 4.69) is 14.9 Å². The van der Waals surface area contributed by atoms with Crippen molar-refractivity contribution in [3.05, 3.63) is 11.3 Å². The Morgan fingerprint density at radius 2 is 2.05 bits per heavy atom. The lowest BCUT2D eigenvalue weighted by atomic mass is 9.78. The number of fused-ring (bicyclic) bond motifs is 1. The summed E-state index contributed by atoms with van der Waals surface area (Å²) >= 11 is 0. The summed E-state index contributed by atoms with van der Waals surface area (Å²) in [5.74, 6) is 1.35. The molecule has 1 aromatic heterocycles. The third-order valence-corrected chi connectivity index (χ3v) is 5.27. The average molecular weight is 304 g/mol. The molecule has 120 valence electrons. The topological polar surface area (TPSA) is 84.5 Å². The predicted octanol–water partition coefficient (Wildman–Crippen LogP) is 1.06. The van der Waals surface area contributed by atoms with Gasteiger partial charge in [0.05, 0.1) is 24.0 Å². The van der Waals surface area contributed by atoms with Crippen LogP contribution in [0.15, 0.2) is 0 Å². The van der Waals surface area contributed by atoms with E-state index in [9.17, 15) is 5.11 Å². The summed E-state index contributed by atoms with van der Waals surface area (Å²) in [7, 11) is 0. The Morgan fingerprint density at radius 3 is 2.77 bits per heavy atom. The number of aliphatic hydroxyl groups is 1. The molecule has 1 spiro atoms. The molecule has 2 fully saturated rings. The van der Waals surface area contributed by atoms with E-state index in [1.807, 2.05) is 0 Å². The molecule has 0 radical (unpaired) electrons. The lowest BCUT2D eigenvalue weighted by Gasteiger charge is -2.51. The molecule has 0 bridgehead atoms. The molecule has 2 aliphatic carbocycles. The van der Waals surface area contributed by atoms with E-state index in [1.165, 1.54) is 24.8 Å². The van der Waals surface area contributed by atoms with Gasteiger partial charge in [-0.2, -0.15) is 4.98 Å². The summed E-state index contributed by atoms with van der Waals surface area (Å²) in [4.78, 5) is 11.3. The first-order valence-corrected chi connectivity index (χ1v) is 8.38. The zero-order chi connectivity index (χ0) is 15.2. The van der Waals surface area contributed by atoms with Gasteiger partial charge in [-0.3, -0.25) is 0 Å². The van der Waals surface area contributed by atoms with Crippen LogP contribution in [0.3, 0.4) is 0 Å². The number of hydrogen-bond donors (Lipinski definition) is 2. The van der Waals surface area contributed by atoms with Crippen LogP contribution in [0.5, 0.6) is 0 Å². The molecule has 1 aliphatic heterocycles. The Bertz CT molecular complexity index is 574. The zero-order valence-corrected chi connectivity index (χ0v) is 12.9. The average Bonchev–Trinajstić information content (AvgIpc) is 2.52. The Hall–Kier alpha value is -1.40.